The quantitative estimate of drug-likeness (QED) is 0.847. The van der Waals surface area contributed by atoms with Crippen LogP contribution >= 0.6 is 27.5 Å². The van der Waals surface area contributed by atoms with Crippen molar-refractivity contribution in [2.24, 2.45) is 7.05 Å². The zero-order valence-corrected chi connectivity index (χ0v) is 13.2. The molecule has 0 N–H and O–H groups in total. The fourth-order valence-electron chi connectivity index (χ4n) is 1.71. The van der Waals surface area contributed by atoms with E-state index in [1.54, 1.807) is 11.8 Å². The highest BCUT2D eigenvalue weighted by molar-refractivity contribution is 9.10. The maximum Gasteiger partial charge on any atom is 0.134 e. The molecule has 0 saturated heterocycles. The van der Waals surface area contributed by atoms with Gasteiger partial charge in [0, 0.05) is 12.6 Å². The maximum absolute atomic E-state index is 6.16. The van der Waals surface area contributed by atoms with E-state index in [1.807, 2.05) is 32.2 Å². The van der Waals surface area contributed by atoms with Crippen molar-refractivity contribution < 1.29 is 9.47 Å². The number of hydrogen-bond acceptors (Lipinski definition) is 3. The van der Waals surface area contributed by atoms with E-state index < -0.39 is 0 Å². The van der Waals surface area contributed by atoms with Gasteiger partial charge in [-0.1, -0.05) is 11.6 Å². The highest BCUT2D eigenvalue weighted by Crippen LogP contribution is 2.30. The third-order valence-electron chi connectivity index (χ3n) is 2.78. The van der Waals surface area contributed by atoms with Crippen LogP contribution in [0.3, 0.4) is 0 Å². The van der Waals surface area contributed by atoms with E-state index in [2.05, 4.69) is 21.0 Å². The molecule has 0 bridgehead atoms. The number of aromatic nitrogens is 2. The molecule has 0 saturated carbocycles. The average Bonchev–Trinajstić information content (AvgIpc) is 2.62. The Labute approximate surface area is 125 Å². The first-order valence-corrected chi connectivity index (χ1v) is 6.84. The van der Waals surface area contributed by atoms with E-state index in [1.165, 1.54) is 0 Å². The Morgan fingerprint density at radius 1 is 1.42 bits per heavy atom. The molecule has 19 heavy (non-hydrogen) atoms. The second-order valence-electron chi connectivity index (χ2n) is 4.06. The summed E-state index contributed by atoms with van der Waals surface area (Å²) in [7, 11) is 3.43. The van der Waals surface area contributed by atoms with E-state index in [0.717, 1.165) is 27.2 Å². The lowest BCUT2D eigenvalue weighted by atomic mass is 10.3. The van der Waals surface area contributed by atoms with Crippen LogP contribution in [0.15, 0.2) is 22.7 Å². The van der Waals surface area contributed by atoms with E-state index in [0.29, 0.717) is 11.8 Å². The number of ether oxygens (including phenoxy) is 2. The van der Waals surface area contributed by atoms with Crippen molar-refractivity contribution in [3.8, 4) is 11.5 Å². The van der Waals surface area contributed by atoms with Crippen LogP contribution in [0.1, 0.15) is 11.3 Å². The summed E-state index contributed by atoms with van der Waals surface area (Å²) in [5, 5.41) is 4.84. The molecule has 0 spiro atoms. The van der Waals surface area contributed by atoms with Gasteiger partial charge in [0.15, 0.2) is 0 Å². The maximum atomic E-state index is 6.16. The van der Waals surface area contributed by atoms with Gasteiger partial charge in [-0.25, -0.2) is 0 Å². The first-order valence-electron chi connectivity index (χ1n) is 5.67. The van der Waals surface area contributed by atoms with Crippen LogP contribution < -0.4 is 9.47 Å². The van der Waals surface area contributed by atoms with Gasteiger partial charge in [0.25, 0.3) is 0 Å². The van der Waals surface area contributed by atoms with Crippen molar-refractivity contribution in [1.82, 2.24) is 9.78 Å². The van der Waals surface area contributed by atoms with Crippen LogP contribution in [0.4, 0.5) is 0 Å². The summed E-state index contributed by atoms with van der Waals surface area (Å²) in [6, 6.07) is 5.55. The van der Waals surface area contributed by atoms with Gasteiger partial charge in [0.1, 0.15) is 23.3 Å². The highest BCUT2D eigenvalue weighted by atomic mass is 79.9. The molecule has 0 aliphatic carbocycles. The smallest absolute Gasteiger partial charge is 0.134 e. The second-order valence-corrected chi connectivity index (χ2v) is 5.28. The molecule has 1 aromatic carbocycles. The minimum absolute atomic E-state index is 0.378. The second kappa shape index (κ2) is 5.84. The molecule has 1 heterocycles. The van der Waals surface area contributed by atoms with Crippen molar-refractivity contribution >= 4 is 27.5 Å². The Morgan fingerprint density at radius 2 is 2.16 bits per heavy atom. The predicted molar refractivity (Wildman–Crippen MR) is 78.0 cm³/mol. The SMILES string of the molecule is COc1ccc(OCc2c(C)nn(C)c2Cl)c(Br)c1. The number of methoxy groups -OCH3 is 1. The Morgan fingerprint density at radius 3 is 2.68 bits per heavy atom. The largest absolute Gasteiger partial charge is 0.497 e. The lowest BCUT2D eigenvalue weighted by Crippen LogP contribution is -1.98. The van der Waals surface area contributed by atoms with Crippen molar-refractivity contribution in [2.45, 2.75) is 13.5 Å². The standard InChI is InChI=1S/C13H14BrClN2O2/c1-8-10(13(15)17(2)16-8)7-19-12-5-4-9(18-3)6-11(12)14/h4-6H,7H2,1-3H3. The van der Waals surface area contributed by atoms with E-state index >= 15 is 0 Å². The van der Waals surface area contributed by atoms with Crippen LogP contribution in [0.25, 0.3) is 0 Å². The monoisotopic (exact) mass is 344 g/mol. The van der Waals surface area contributed by atoms with Gasteiger partial charge in [0.2, 0.25) is 0 Å². The van der Waals surface area contributed by atoms with Crippen LogP contribution in [-0.2, 0) is 13.7 Å². The van der Waals surface area contributed by atoms with E-state index in [-0.39, 0.29) is 0 Å². The molecule has 0 amide bonds. The molecule has 0 radical (unpaired) electrons. The van der Waals surface area contributed by atoms with Crippen LogP contribution in [0.2, 0.25) is 5.15 Å². The van der Waals surface area contributed by atoms with E-state index in [4.69, 9.17) is 21.1 Å². The normalized spacial score (nSPS) is 10.6. The number of nitrogens with zero attached hydrogens (tertiary/aromatic N) is 2. The van der Waals surface area contributed by atoms with Gasteiger partial charge in [-0.3, -0.25) is 4.68 Å². The van der Waals surface area contributed by atoms with Gasteiger partial charge < -0.3 is 9.47 Å². The first kappa shape index (κ1) is 14.2. The third kappa shape index (κ3) is 3.04. The molecular weight excluding hydrogens is 332 g/mol. The Balaban J connectivity index is 2.14. The number of aryl methyl sites for hydroxylation is 2. The predicted octanol–water partition coefficient (Wildman–Crippen LogP) is 3.73. The fraction of sp³-hybridized carbons (Fsp3) is 0.308. The van der Waals surface area contributed by atoms with Gasteiger partial charge in [-0.15, -0.1) is 0 Å². The Bertz CT molecular complexity index is 599. The summed E-state index contributed by atoms with van der Waals surface area (Å²) in [6.45, 7) is 2.29. The minimum Gasteiger partial charge on any atom is -0.497 e. The average molecular weight is 346 g/mol. The molecule has 1 aromatic heterocycles. The number of halogens is 2. The van der Waals surface area contributed by atoms with E-state index in [9.17, 15) is 0 Å². The molecule has 0 aliphatic rings. The number of benzene rings is 1. The van der Waals surface area contributed by atoms with Crippen molar-refractivity contribution in [3.05, 3.63) is 39.1 Å². The molecule has 6 heteroatoms. The first-order chi connectivity index (χ1) is 9.02. The van der Waals surface area contributed by atoms with Crippen molar-refractivity contribution in [2.75, 3.05) is 7.11 Å². The molecule has 2 rings (SSSR count). The van der Waals surface area contributed by atoms with Gasteiger partial charge in [-0.2, -0.15) is 5.10 Å². The summed E-state index contributed by atoms with van der Waals surface area (Å²) in [4.78, 5) is 0. The summed E-state index contributed by atoms with van der Waals surface area (Å²) < 4.78 is 13.4. The number of hydrogen-bond donors (Lipinski definition) is 0. The lowest BCUT2D eigenvalue weighted by Gasteiger charge is -2.09. The molecule has 0 aliphatic heterocycles. The summed E-state index contributed by atoms with van der Waals surface area (Å²) >= 11 is 9.60. The number of rotatable bonds is 4. The van der Waals surface area contributed by atoms with Gasteiger partial charge in [0.05, 0.1) is 17.3 Å². The molecule has 102 valence electrons. The zero-order chi connectivity index (χ0) is 14.0. The van der Waals surface area contributed by atoms with Crippen LogP contribution in [0, 0.1) is 6.92 Å². The zero-order valence-electron chi connectivity index (χ0n) is 10.9. The lowest BCUT2D eigenvalue weighted by molar-refractivity contribution is 0.302. The van der Waals surface area contributed by atoms with Crippen molar-refractivity contribution in [3.63, 3.8) is 0 Å². The highest BCUT2D eigenvalue weighted by Gasteiger charge is 2.12. The summed E-state index contributed by atoms with van der Waals surface area (Å²) in [5.41, 5.74) is 1.77. The molecule has 4 nitrogen and oxygen atoms in total. The fourth-order valence-corrected chi connectivity index (χ4v) is 2.41. The topological polar surface area (TPSA) is 36.3 Å². The minimum atomic E-state index is 0.378. The van der Waals surface area contributed by atoms with Crippen molar-refractivity contribution in [1.29, 1.82) is 0 Å². The molecule has 0 atom stereocenters. The molecule has 2 aromatic rings. The Hall–Kier alpha value is -1.20. The molecular formula is C13H14BrClN2O2. The van der Waals surface area contributed by atoms with Crippen LogP contribution in [0.5, 0.6) is 11.5 Å². The van der Waals surface area contributed by atoms with Gasteiger partial charge >= 0.3 is 0 Å². The Kier molecular flexibility index (Phi) is 4.37. The molecule has 0 fully saturated rings. The van der Waals surface area contributed by atoms with Crippen LogP contribution in [-0.4, -0.2) is 16.9 Å². The summed E-state index contributed by atoms with van der Waals surface area (Å²) in [5.74, 6) is 1.51. The molecule has 0 unspecified atom stereocenters. The third-order valence-corrected chi connectivity index (χ3v) is 3.87. The van der Waals surface area contributed by atoms with Gasteiger partial charge in [-0.05, 0) is 41.1 Å². The summed E-state index contributed by atoms with van der Waals surface area (Å²) in [6.07, 6.45) is 0.